The van der Waals surface area contributed by atoms with Crippen LogP contribution in [0.15, 0.2) is 53.1 Å². The van der Waals surface area contributed by atoms with Crippen molar-refractivity contribution in [2.75, 3.05) is 13.1 Å². The molecule has 31 heavy (non-hydrogen) atoms. The van der Waals surface area contributed by atoms with Crippen molar-refractivity contribution in [2.24, 2.45) is 0 Å². The van der Waals surface area contributed by atoms with Gasteiger partial charge in [0.2, 0.25) is 10.0 Å². The number of piperidine rings is 1. The van der Waals surface area contributed by atoms with E-state index in [2.05, 4.69) is 15.5 Å². The predicted molar refractivity (Wildman–Crippen MR) is 111 cm³/mol. The van der Waals surface area contributed by atoms with E-state index < -0.39 is 15.8 Å². The van der Waals surface area contributed by atoms with Gasteiger partial charge in [0.05, 0.1) is 18.6 Å². The molecular weight excluding hydrogens is 423 g/mol. The van der Waals surface area contributed by atoms with Crippen LogP contribution in [-0.2, 0) is 22.3 Å². The second-order valence-electron chi connectivity index (χ2n) is 7.49. The van der Waals surface area contributed by atoms with Gasteiger partial charge in [-0.05, 0) is 37.1 Å². The molecule has 1 aromatic carbocycles. The molecule has 3 heterocycles. The van der Waals surface area contributed by atoms with Crippen LogP contribution in [0.4, 0.5) is 4.39 Å². The van der Waals surface area contributed by atoms with Crippen molar-refractivity contribution in [3.8, 4) is 0 Å². The molecule has 1 amide bonds. The Hall–Kier alpha value is -2.98. The van der Waals surface area contributed by atoms with Crippen molar-refractivity contribution < 1.29 is 22.0 Å². The molecule has 0 bridgehead atoms. The Bertz CT molecular complexity index is 1140. The van der Waals surface area contributed by atoms with Gasteiger partial charge in [0.15, 0.2) is 0 Å². The molecule has 3 aromatic rings. The molecule has 164 valence electrons. The average Bonchev–Trinajstić information content (AvgIpc) is 3.46. The number of hydrogen-bond donors (Lipinski definition) is 2. The third kappa shape index (κ3) is 5.02. The molecule has 0 aliphatic carbocycles. The first-order valence-electron chi connectivity index (χ1n) is 9.99. The van der Waals surface area contributed by atoms with E-state index in [1.54, 1.807) is 24.3 Å². The number of carbonyl (C=O) groups excluding carboxylic acids is 1. The minimum Gasteiger partial charge on any atom is -0.467 e. The number of amides is 1. The zero-order valence-corrected chi connectivity index (χ0v) is 17.6. The minimum absolute atomic E-state index is 0.0686. The first-order valence-corrected chi connectivity index (χ1v) is 11.6. The Balaban J connectivity index is 1.32. The molecule has 1 saturated heterocycles. The van der Waals surface area contributed by atoms with Gasteiger partial charge >= 0.3 is 0 Å². The van der Waals surface area contributed by atoms with Gasteiger partial charge in [-0.15, -0.1) is 0 Å². The van der Waals surface area contributed by atoms with Crippen LogP contribution in [0.5, 0.6) is 0 Å². The summed E-state index contributed by atoms with van der Waals surface area (Å²) in [5.74, 6) is -0.471. The lowest BCUT2D eigenvalue weighted by molar-refractivity contribution is 0.0943. The summed E-state index contributed by atoms with van der Waals surface area (Å²) in [6, 6.07) is 11.1. The maximum absolute atomic E-state index is 13.8. The first kappa shape index (κ1) is 21.3. The largest absolute Gasteiger partial charge is 0.467 e. The minimum atomic E-state index is -3.61. The Morgan fingerprint density at radius 3 is 2.71 bits per heavy atom. The van der Waals surface area contributed by atoms with Crippen molar-refractivity contribution in [2.45, 2.75) is 31.1 Å². The first-order chi connectivity index (χ1) is 14.9. The van der Waals surface area contributed by atoms with Gasteiger partial charge in [-0.3, -0.25) is 9.89 Å². The van der Waals surface area contributed by atoms with Crippen molar-refractivity contribution in [1.82, 2.24) is 19.8 Å². The highest BCUT2D eigenvalue weighted by atomic mass is 32.2. The van der Waals surface area contributed by atoms with Crippen molar-refractivity contribution in [1.29, 1.82) is 0 Å². The summed E-state index contributed by atoms with van der Waals surface area (Å²) in [6.45, 7) is 0.938. The summed E-state index contributed by atoms with van der Waals surface area (Å²) in [5, 5.41) is 9.72. The second kappa shape index (κ2) is 9.03. The maximum atomic E-state index is 13.8. The third-order valence-corrected chi connectivity index (χ3v) is 7.24. The summed E-state index contributed by atoms with van der Waals surface area (Å²) in [7, 11) is -3.61. The summed E-state index contributed by atoms with van der Waals surface area (Å²) in [5.41, 5.74) is 1.24. The molecule has 4 rings (SSSR count). The fraction of sp³-hybridized carbons (Fsp3) is 0.333. The molecule has 0 unspecified atom stereocenters. The van der Waals surface area contributed by atoms with Gasteiger partial charge in [0.1, 0.15) is 17.3 Å². The van der Waals surface area contributed by atoms with Crippen LogP contribution in [0.3, 0.4) is 0 Å². The Morgan fingerprint density at radius 1 is 1.23 bits per heavy atom. The molecule has 0 saturated carbocycles. The summed E-state index contributed by atoms with van der Waals surface area (Å²) in [4.78, 5) is 12.3. The zero-order valence-electron chi connectivity index (χ0n) is 16.8. The van der Waals surface area contributed by atoms with Crippen LogP contribution in [0.2, 0.25) is 0 Å². The normalized spacial score (nSPS) is 15.8. The fourth-order valence-corrected chi connectivity index (χ4v) is 5.26. The fourth-order valence-electron chi connectivity index (χ4n) is 3.68. The molecular formula is C21H23FN4O4S. The molecule has 8 nitrogen and oxygen atoms in total. The Labute approximate surface area is 179 Å². The quantitative estimate of drug-likeness (QED) is 0.580. The van der Waals surface area contributed by atoms with Crippen LogP contribution < -0.4 is 5.32 Å². The van der Waals surface area contributed by atoms with E-state index in [4.69, 9.17) is 4.42 Å². The van der Waals surface area contributed by atoms with Gasteiger partial charge in [-0.2, -0.15) is 5.10 Å². The standard InChI is InChI=1S/C21H23FN4O4S/c22-18-6-2-1-4-16(18)14-31(28,29)26-9-7-15(8-10-26)19-12-20(25-24-19)21(27)23-13-17-5-3-11-30-17/h1-6,11-12,15H,7-10,13-14H2,(H,23,27)(H,24,25). The molecule has 0 radical (unpaired) electrons. The molecule has 1 aliphatic heterocycles. The summed E-state index contributed by atoms with van der Waals surface area (Å²) < 4.78 is 45.8. The number of H-pyrrole nitrogens is 1. The third-order valence-electron chi connectivity index (χ3n) is 5.42. The van der Waals surface area contributed by atoms with E-state index in [-0.39, 0.29) is 35.4 Å². The number of hydrogen-bond acceptors (Lipinski definition) is 5. The lowest BCUT2D eigenvalue weighted by Gasteiger charge is -2.30. The van der Waals surface area contributed by atoms with E-state index >= 15 is 0 Å². The van der Waals surface area contributed by atoms with Crippen LogP contribution in [0.1, 0.15) is 46.3 Å². The van der Waals surface area contributed by atoms with E-state index in [9.17, 15) is 17.6 Å². The number of nitrogens with zero attached hydrogens (tertiary/aromatic N) is 2. The van der Waals surface area contributed by atoms with Crippen LogP contribution in [-0.4, -0.2) is 41.9 Å². The highest BCUT2D eigenvalue weighted by Gasteiger charge is 2.30. The Kier molecular flexibility index (Phi) is 6.19. The molecule has 1 fully saturated rings. The number of aromatic nitrogens is 2. The molecule has 2 aromatic heterocycles. The van der Waals surface area contributed by atoms with Crippen LogP contribution in [0, 0.1) is 5.82 Å². The van der Waals surface area contributed by atoms with Gasteiger partial charge in [0.25, 0.3) is 5.91 Å². The molecule has 0 spiro atoms. The Morgan fingerprint density at radius 2 is 2.00 bits per heavy atom. The van der Waals surface area contributed by atoms with Crippen molar-refractivity contribution >= 4 is 15.9 Å². The van der Waals surface area contributed by atoms with Gasteiger partial charge in [0, 0.05) is 30.3 Å². The highest BCUT2D eigenvalue weighted by Crippen LogP contribution is 2.29. The maximum Gasteiger partial charge on any atom is 0.272 e. The summed E-state index contributed by atoms with van der Waals surface area (Å²) in [6.07, 6.45) is 2.72. The van der Waals surface area contributed by atoms with E-state index in [0.29, 0.717) is 31.7 Å². The number of rotatable bonds is 7. The topological polar surface area (TPSA) is 108 Å². The number of halogens is 1. The SMILES string of the molecule is O=C(NCc1ccco1)c1cc(C2CCN(S(=O)(=O)Cc3ccccc3F)CC2)[nH]n1. The second-order valence-corrected chi connectivity index (χ2v) is 9.46. The van der Waals surface area contributed by atoms with E-state index in [1.807, 2.05) is 0 Å². The zero-order chi connectivity index (χ0) is 21.8. The van der Waals surface area contributed by atoms with E-state index in [1.165, 1.54) is 28.8 Å². The van der Waals surface area contributed by atoms with Gasteiger partial charge < -0.3 is 9.73 Å². The van der Waals surface area contributed by atoms with Crippen molar-refractivity contribution in [3.05, 3.63) is 77.3 Å². The molecule has 10 heteroatoms. The average molecular weight is 447 g/mol. The monoisotopic (exact) mass is 446 g/mol. The van der Waals surface area contributed by atoms with Gasteiger partial charge in [-0.1, -0.05) is 18.2 Å². The molecule has 1 aliphatic rings. The number of sulfonamides is 1. The lowest BCUT2D eigenvalue weighted by Crippen LogP contribution is -2.38. The summed E-state index contributed by atoms with van der Waals surface area (Å²) >= 11 is 0. The number of aromatic amines is 1. The predicted octanol–water partition coefficient (Wildman–Crippen LogP) is 2.78. The van der Waals surface area contributed by atoms with Crippen LogP contribution >= 0.6 is 0 Å². The number of nitrogens with one attached hydrogen (secondary N) is 2. The van der Waals surface area contributed by atoms with E-state index in [0.717, 1.165) is 5.69 Å². The highest BCUT2D eigenvalue weighted by molar-refractivity contribution is 7.88. The smallest absolute Gasteiger partial charge is 0.272 e. The molecule has 2 N–H and O–H groups in total. The van der Waals surface area contributed by atoms with Crippen molar-refractivity contribution in [3.63, 3.8) is 0 Å². The number of benzene rings is 1. The number of furan rings is 1. The lowest BCUT2D eigenvalue weighted by atomic mass is 9.94. The van der Waals surface area contributed by atoms with Crippen LogP contribution in [0.25, 0.3) is 0 Å². The van der Waals surface area contributed by atoms with Gasteiger partial charge in [-0.25, -0.2) is 17.1 Å². The number of carbonyl (C=O) groups is 1. The molecule has 0 atom stereocenters.